The topological polar surface area (TPSA) is 119 Å². The summed E-state index contributed by atoms with van der Waals surface area (Å²) in [6.45, 7) is 2.88. The zero-order valence-electron chi connectivity index (χ0n) is 9.20. The van der Waals surface area contributed by atoms with Crippen molar-refractivity contribution >= 4 is 17.0 Å². The molecule has 8 heteroatoms. The lowest BCUT2D eigenvalue weighted by molar-refractivity contribution is -0.384. The van der Waals surface area contributed by atoms with Crippen molar-refractivity contribution in [3.8, 4) is 5.75 Å². The summed E-state index contributed by atoms with van der Waals surface area (Å²) in [4.78, 5) is 9.59. The molecule has 0 aliphatic heterocycles. The van der Waals surface area contributed by atoms with Crippen molar-refractivity contribution in [3.63, 3.8) is 0 Å². The van der Waals surface area contributed by atoms with E-state index in [4.69, 9.17) is 5.73 Å². The molecule has 0 spiro atoms. The summed E-state index contributed by atoms with van der Waals surface area (Å²) >= 11 is -2.65. The first-order valence-corrected chi connectivity index (χ1v) is 5.73. The average Bonchev–Trinajstić information content (AvgIpc) is 2.29. The van der Waals surface area contributed by atoms with Crippen molar-refractivity contribution in [2.24, 2.45) is 5.73 Å². The summed E-state index contributed by atoms with van der Waals surface area (Å²) in [7, 11) is 0. The monoisotopic (exact) mass is 261 g/mol. The van der Waals surface area contributed by atoms with Crippen molar-refractivity contribution in [3.05, 3.63) is 34.4 Å². The van der Waals surface area contributed by atoms with Gasteiger partial charge in [0.2, 0.25) is 0 Å². The molecule has 1 rings (SSSR count). The Hall–Kier alpha value is -1.51. The van der Waals surface area contributed by atoms with Crippen molar-refractivity contribution < 1.29 is 17.9 Å². The fourth-order valence-corrected chi connectivity index (χ4v) is 0.970. The number of rotatable bonds is 4. The maximum absolute atomic E-state index is 10.2. The van der Waals surface area contributed by atoms with E-state index in [1.54, 1.807) is 0 Å². The predicted molar refractivity (Wildman–Crippen MR) is 62.0 cm³/mol. The van der Waals surface area contributed by atoms with E-state index in [0.29, 0.717) is 0 Å². The standard InChI is InChI=1S/C6H5NO5S.C3H9N/c8-7(9)5-1-3-6(4-2-5)12-13(10)11;1-2-3-4/h1-4H,(H,10,11);2-4H2,1H3/p-1. The highest BCUT2D eigenvalue weighted by molar-refractivity contribution is 7.74. The first kappa shape index (κ1) is 15.5. The molecule has 0 aliphatic rings. The van der Waals surface area contributed by atoms with E-state index >= 15 is 0 Å². The Bertz CT molecular complexity index is 366. The maximum Gasteiger partial charge on any atom is 0.269 e. The largest absolute Gasteiger partial charge is 0.740 e. The molecule has 0 aliphatic carbocycles. The van der Waals surface area contributed by atoms with Crippen LogP contribution in [-0.4, -0.2) is 20.2 Å². The summed E-state index contributed by atoms with van der Waals surface area (Å²) in [5.74, 6) is 0.0407. The number of benzene rings is 1. The van der Waals surface area contributed by atoms with Crippen LogP contribution in [0.5, 0.6) is 5.75 Å². The molecule has 0 saturated heterocycles. The molecule has 1 aromatic carbocycles. The van der Waals surface area contributed by atoms with Crippen LogP contribution in [0.3, 0.4) is 0 Å². The van der Waals surface area contributed by atoms with E-state index < -0.39 is 16.3 Å². The number of hydrogen-bond acceptors (Lipinski definition) is 6. The van der Waals surface area contributed by atoms with Crippen LogP contribution in [0.25, 0.3) is 0 Å². The molecule has 7 nitrogen and oxygen atoms in total. The third kappa shape index (κ3) is 7.39. The number of nitro groups is 1. The quantitative estimate of drug-likeness (QED) is 0.493. The van der Waals surface area contributed by atoms with Crippen molar-refractivity contribution in [2.75, 3.05) is 6.54 Å². The molecule has 17 heavy (non-hydrogen) atoms. The Morgan fingerprint density at radius 1 is 1.41 bits per heavy atom. The second kappa shape index (κ2) is 8.62. The number of non-ortho nitro benzene ring substituents is 1. The Labute approximate surface area is 101 Å². The fourth-order valence-electron chi connectivity index (χ4n) is 0.702. The van der Waals surface area contributed by atoms with Crippen molar-refractivity contribution in [1.29, 1.82) is 0 Å². The van der Waals surface area contributed by atoms with Crippen LogP contribution in [0.1, 0.15) is 13.3 Å². The second-order valence-corrected chi connectivity index (χ2v) is 3.40. The molecule has 96 valence electrons. The molecule has 0 saturated carbocycles. The van der Waals surface area contributed by atoms with Gasteiger partial charge in [-0.25, -0.2) is 4.21 Å². The minimum absolute atomic E-state index is 0.0407. The summed E-state index contributed by atoms with van der Waals surface area (Å²) in [6.07, 6.45) is 1.10. The van der Waals surface area contributed by atoms with Gasteiger partial charge in [0.1, 0.15) is 17.1 Å². The van der Waals surface area contributed by atoms with Crippen molar-refractivity contribution in [1.82, 2.24) is 0 Å². The van der Waals surface area contributed by atoms with E-state index in [-0.39, 0.29) is 11.4 Å². The van der Waals surface area contributed by atoms with Gasteiger partial charge in [-0.15, -0.1) is 0 Å². The molecule has 0 fully saturated rings. The van der Waals surface area contributed by atoms with Gasteiger partial charge in [-0.3, -0.25) is 10.1 Å². The van der Waals surface area contributed by atoms with Gasteiger partial charge >= 0.3 is 0 Å². The lowest BCUT2D eigenvalue weighted by Crippen LogP contribution is -1.97. The molecular weight excluding hydrogens is 248 g/mol. The van der Waals surface area contributed by atoms with E-state index in [0.717, 1.165) is 25.1 Å². The predicted octanol–water partition coefficient (Wildman–Crippen LogP) is 1.12. The van der Waals surface area contributed by atoms with Crippen LogP contribution in [-0.2, 0) is 11.4 Å². The first-order valence-electron chi connectivity index (χ1n) is 4.73. The Morgan fingerprint density at radius 3 is 2.18 bits per heavy atom. The normalized spacial score (nSPS) is 11.0. The van der Waals surface area contributed by atoms with E-state index in [2.05, 4.69) is 11.1 Å². The molecule has 0 amide bonds. The molecule has 0 bridgehead atoms. The molecule has 0 radical (unpaired) electrons. The fraction of sp³-hybridized carbons (Fsp3) is 0.333. The van der Waals surface area contributed by atoms with Crippen LogP contribution < -0.4 is 9.92 Å². The maximum atomic E-state index is 10.2. The number of nitrogens with two attached hydrogens (primary N) is 1. The smallest absolute Gasteiger partial charge is 0.269 e. The molecule has 0 aromatic heterocycles. The number of nitro benzene ring substituents is 1. The summed E-state index contributed by atoms with van der Waals surface area (Å²) < 4.78 is 24.3. The average molecular weight is 261 g/mol. The van der Waals surface area contributed by atoms with Gasteiger partial charge in [0.25, 0.3) is 5.69 Å². The van der Waals surface area contributed by atoms with Crippen LogP contribution in [0.15, 0.2) is 24.3 Å². The van der Waals surface area contributed by atoms with Crippen LogP contribution in [0.4, 0.5) is 5.69 Å². The molecule has 1 unspecified atom stereocenters. The van der Waals surface area contributed by atoms with Crippen LogP contribution in [0, 0.1) is 10.1 Å². The molecular formula is C9H13N2O5S-. The molecule has 0 heterocycles. The van der Waals surface area contributed by atoms with E-state index in [9.17, 15) is 18.9 Å². The van der Waals surface area contributed by atoms with Gasteiger partial charge in [0, 0.05) is 12.1 Å². The van der Waals surface area contributed by atoms with Gasteiger partial charge in [-0.05, 0) is 25.1 Å². The first-order chi connectivity index (χ1) is 8.01. The Balaban J connectivity index is 0.000000557. The number of nitrogens with zero attached hydrogens (tertiary/aromatic N) is 1. The lowest BCUT2D eigenvalue weighted by Gasteiger charge is -2.05. The summed E-state index contributed by atoms with van der Waals surface area (Å²) in [6, 6.07) is 4.71. The van der Waals surface area contributed by atoms with Gasteiger partial charge in [0.15, 0.2) is 0 Å². The molecule has 1 atom stereocenters. The third-order valence-electron chi connectivity index (χ3n) is 1.50. The van der Waals surface area contributed by atoms with Crippen LogP contribution >= 0.6 is 0 Å². The highest BCUT2D eigenvalue weighted by Gasteiger charge is 2.03. The Kier molecular flexibility index (Phi) is 7.85. The highest BCUT2D eigenvalue weighted by Crippen LogP contribution is 2.17. The third-order valence-corrected chi connectivity index (χ3v) is 1.83. The zero-order chi connectivity index (χ0) is 13.3. The summed E-state index contributed by atoms with van der Waals surface area (Å²) in [5, 5.41) is 10.2. The van der Waals surface area contributed by atoms with E-state index in [1.165, 1.54) is 12.1 Å². The van der Waals surface area contributed by atoms with E-state index in [1.807, 2.05) is 0 Å². The minimum Gasteiger partial charge on any atom is -0.740 e. The minimum atomic E-state index is -2.65. The van der Waals surface area contributed by atoms with Gasteiger partial charge in [-0.1, -0.05) is 6.92 Å². The van der Waals surface area contributed by atoms with Crippen LogP contribution in [0.2, 0.25) is 0 Å². The van der Waals surface area contributed by atoms with Crippen molar-refractivity contribution in [2.45, 2.75) is 13.3 Å². The number of hydrogen-bond donors (Lipinski definition) is 1. The van der Waals surface area contributed by atoms with Gasteiger partial charge in [-0.2, -0.15) is 0 Å². The second-order valence-electron chi connectivity index (χ2n) is 2.83. The van der Waals surface area contributed by atoms with Gasteiger partial charge in [0.05, 0.1) is 4.92 Å². The highest BCUT2D eigenvalue weighted by atomic mass is 32.2. The lowest BCUT2D eigenvalue weighted by atomic mass is 10.3. The zero-order valence-corrected chi connectivity index (χ0v) is 10.0. The molecule has 2 N–H and O–H groups in total. The SMILES string of the molecule is CCCN.O=[N+]([O-])c1ccc(OS(=O)[O-])cc1. The Morgan fingerprint density at radius 2 is 1.88 bits per heavy atom. The molecule has 1 aromatic rings. The van der Waals surface area contributed by atoms with Gasteiger partial charge < -0.3 is 14.5 Å². The summed E-state index contributed by atoms with van der Waals surface area (Å²) in [5.41, 5.74) is 4.91.